The number of carboxylic acids is 1. The third kappa shape index (κ3) is 6.87. The van der Waals surface area contributed by atoms with Crippen molar-refractivity contribution in [3.8, 4) is 0 Å². The molecular weight excluding hydrogens is 200 g/mol. The lowest BCUT2D eigenvalue weighted by molar-refractivity contribution is -0.134. The topological polar surface area (TPSA) is 102 Å². The van der Waals surface area contributed by atoms with Crippen molar-refractivity contribution in [2.75, 3.05) is 0 Å². The maximum Gasteiger partial charge on any atom is 0.300 e. The van der Waals surface area contributed by atoms with Crippen LogP contribution >= 0.6 is 0 Å². The fourth-order valence-electron chi connectivity index (χ4n) is 1.43. The monoisotopic (exact) mass is 218 g/mol. The fourth-order valence-corrected chi connectivity index (χ4v) is 1.43. The minimum absolute atomic E-state index is 0.137. The van der Waals surface area contributed by atoms with Crippen molar-refractivity contribution in [3.63, 3.8) is 0 Å². The van der Waals surface area contributed by atoms with Crippen molar-refractivity contribution in [2.24, 2.45) is 5.16 Å². The molecule has 1 saturated carbocycles. The van der Waals surface area contributed by atoms with Gasteiger partial charge in [-0.3, -0.25) is 4.79 Å². The Balaban J connectivity index is 0.000000423. The van der Waals surface area contributed by atoms with Gasteiger partial charge in [0, 0.05) is 6.92 Å². The van der Waals surface area contributed by atoms with Crippen LogP contribution < -0.4 is 5.48 Å². The van der Waals surface area contributed by atoms with Gasteiger partial charge in [-0.15, -0.1) is 0 Å². The van der Waals surface area contributed by atoms with Gasteiger partial charge < -0.3 is 15.5 Å². The van der Waals surface area contributed by atoms with Crippen LogP contribution in [0.3, 0.4) is 0 Å². The Hall–Kier alpha value is -1.14. The number of nitrogens with zero attached hydrogens (tertiary/aromatic N) is 1. The highest BCUT2D eigenvalue weighted by molar-refractivity contribution is 5.89. The normalized spacial score (nSPS) is 23.9. The Kier molecular flexibility index (Phi) is 7.57. The van der Waals surface area contributed by atoms with Crippen molar-refractivity contribution in [3.05, 3.63) is 0 Å². The lowest BCUT2D eigenvalue weighted by atomic mass is 10.1. The average Bonchev–Trinajstić information content (AvgIpc) is 2.40. The Morgan fingerprint density at radius 2 is 2.07 bits per heavy atom. The predicted molar refractivity (Wildman–Crippen MR) is 54.3 cm³/mol. The molecule has 0 saturated heterocycles. The number of oxime groups is 1. The first-order chi connectivity index (χ1) is 7.11. The van der Waals surface area contributed by atoms with E-state index in [1.165, 1.54) is 0 Å². The fraction of sp³-hybridized carbons (Fsp3) is 0.778. The van der Waals surface area contributed by atoms with Crippen LogP contribution in [0.15, 0.2) is 5.16 Å². The Morgan fingerprint density at radius 3 is 2.53 bits per heavy atom. The third-order valence-electron chi connectivity index (χ3n) is 2.11. The van der Waals surface area contributed by atoms with Crippen LogP contribution in [-0.2, 0) is 4.79 Å². The molecule has 0 aromatic rings. The van der Waals surface area contributed by atoms with Crippen molar-refractivity contribution >= 4 is 11.7 Å². The number of aliphatic carboxylic acids is 1. The first kappa shape index (κ1) is 13.9. The summed E-state index contributed by atoms with van der Waals surface area (Å²) in [6.07, 6.45) is 4.93. The predicted octanol–water partition coefficient (Wildman–Crippen LogP) is 1.22. The van der Waals surface area contributed by atoms with Gasteiger partial charge in [0.2, 0.25) is 0 Å². The van der Waals surface area contributed by atoms with Crippen molar-refractivity contribution in [2.45, 2.75) is 45.1 Å². The smallest absolute Gasteiger partial charge is 0.300 e. The quantitative estimate of drug-likeness (QED) is 0.301. The molecule has 1 rings (SSSR count). The highest BCUT2D eigenvalue weighted by Gasteiger charge is 2.17. The summed E-state index contributed by atoms with van der Waals surface area (Å²) in [5.41, 5.74) is 2.83. The highest BCUT2D eigenvalue weighted by Crippen LogP contribution is 2.15. The molecule has 0 radical (unpaired) electrons. The number of hydroxylamine groups is 1. The van der Waals surface area contributed by atoms with Gasteiger partial charge in [-0.05, 0) is 19.3 Å². The van der Waals surface area contributed by atoms with E-state index in [9.17, 15) is 0 Å². The molecule has 0 aromatic carbocycles. The molecule has 0 heterocycles. The van der Waals surface area contributed by atoms with E-state index >= 15 is 0 Å². The molecule has 0 amide bonds. The molecule has 0 aliphatic heterocycles. The van der Waals surface area contributed by atoms with E-state index in [1.54, 1.807) is 0 Å². The molecule has 6 nitrogen and oxygen atoms in total. The Bertz CT molecular complexity index is 214. The summed E-state index contributed by atoms with van der Waals surface area (Å²) in [5, 5.41) is 27.8. The molecule has 88 valence electrons. The summed E-state index contributed by atoms with van der Waals surface area (Å²) >= 11 is 0. The largest absolute Gasteiger partial charge is 0.481 e. The standard InChI is InChI=1S/C7H14N2O2.C2H4O2/c10-8-6-4-2-1-3-5-7(6)9-11;1-2(3)4/h6,8,10-11H,1-5H2;1H3,(H,3,4)/b9-7+;. The lowest BCUT2D eigenvalue weighted by Gasteiger charge is -2.11. The molecule has 4 N–H and O–H groups in total. The molecule has 0 bridgehead atoms. The maximum absolute atomic E-state index is 9.00. The SMILES string of the molecule is CC(=O)O.O/N=C1\CCCCCC1NO. The summed E-state index contributed by atoms with van der Waals surface area (Å²) in [6.45, 7) is 1.08. The average molecular weight is 218 g/mol. The zero-order chi connectivity index (χ0) is 11.7. The van der Waals surface area contributed by atoms with E-state index in [0.717, 1.165) is 39.0 Å². The molecule has 1 aliphatic rings. The summed E-state index contributed by atoms with van der Waals surface area (Å²) in [6, 6.07) is -0.137. The van der Waals surface area contributed by atoms with Gasteiger partial charge in [-0.2, -0.15) is 5.48 Å². The molecule has 1 fully saturated rings. The molecule has 1 atom stereocenters. The molecular formula is C9H18N2O4. The number of carboxylic acid groups (broad SMARTS) is 1. The van der Waals surface area contributed by atoms with E-state index in [1.807, 2.05) is 0 Å². The molecule has 6 heteroatoms. The Morgan fingerprint density at radius 1 is 1.47 bits per heavy atom. The van der Waals surface area contributed by atoms with Crippen LogP contribution in [0.4, 0.5) is 0 Å². The Labute approximate surface area is 88.6 Å². The van der Waals surface area contributed by atoms with Crippen LogP contribution in [0.2, 0.25) is 0 Å². The van der Waals surface area contributed by atoms with Crippen molar-refractivity contribution in [1.82, 2.24) is 5.48 Å². The molecule has 0 spiro atoms. The molecule has 0 aromatic heterocycles. The van der Waals surface area contributed by atoms with Crippen molar-refractivity contribution < 1.29 is 20.3 Å². The van der Waals surface area contributed by atoms with Crippen LogP contribution in [0, 0.1) is 0 Å². The van der Waals surface area contributed by atoms with Gasteiger partial charge in [0.1, 0.15) is 0 Å². The minimum atomic E-state index is -0.833. The lowest BCUT2D eigenvalue weighted by Crippen LogP contribution is -2.33. The van der Waals surface area contributed by atoms with Crippen LogP contribution in [0.5, 0.6) is 0 Å². The number of hydrogen-bond donors (Lipinski definition) is 4. The summed E-state index contributed by atoms with van der Waals surface area (Å²) in [5.74, 6) is -0.833. The summed E-state index contributed by atoms with van der Waals surface area (Å²) in [7, 11) is 0. The second kappa shape index (κ2) is 8.19. The number of rotatable bonds is 1. The van der Waals surface area contributed by atoms with Crippen molar-refractivity contribution in [1.29, 1.82) is 0 Å². The number of nitrogens with one attached hydrogen (secondary N) is 1. The number of hydrogen-bond acceptors (Lipinski definition) is 5. The molecule has 1 unspecified atom stereocenters. The van der Waals surface area contributed by atoms with Gasteiger partial charge in [0.25, 0.3) is 5.97 Å². The first-order valence-corrected chi connectivity index (χ1v) is 4.91. The third-order valence-corrected chi connectivity index (χ3v) is 2.11. The zero-order valence-electron chi connectivity index (χ0n) is 8.81. The minimum Gasteiger partial charge on any atom is -0.481 e. The summed E-state index contributed by atoms with van der Waals surface area (Å²) < 4.78 is 0. The van der Waals surface area contributed by atoms with Gasteiger partial charge in [0.15, 0.2) is 0 Å². The summed E-state index contributed by atoms with van der Waals surface area (Å²) in [4.78, 5) is 9.00. The van der Waals surface area contributed by atoms with E-state index in [2.05, 4.69) is 10.6 Å². The zero-order valence-corrected chi connectivity index (χ0v) is 8.81. The molecule has 1 aliphatic carbocycles. The van der Waals surface area contributed by atoms with Crippen LogP contribution in [-0.4, -0.2) is 33.2 Å². The second-order valence-electron chi connectivity index (χ2n) is 3.39. The number of carbonyl (C=O) groups is 1. The van der Waals surface area contributed by atoms with Gasteiger partial charge in [-0.1, -0.05) is 18.0 Å². The van der Waals surface area contributed by atoms with Gasteiger partial charge in [-0.25, -0.2) is 0 Å². The maximum atomic E-state index is 9.00. The van der Waals surface area contributed by atoms with E-state index in [-0.39, 0.29) is 6.04 Å². The van der Waals surface area contributed by atoms with Crippen LogP contribution in [0.1, 0.15) is 39.0 Å². The van der Waals surface area contributed by atoms with Gasteiger partial charge in [0.05, 0.1) is 11.8 Å². The highest BCUT2D eigenvalue weighted by atomic mass is 16.5. The van der Waals surface area contributed by atoms with E-state index in [4.69, 9.17) is 20.3 Å². The van der Waals surface area contributed by atoms with E-state index < -0.39 is 5.97 Å². The van der Waals surface area contributed by atoms with E-state index in [0.29, 0.717) is 5.71 Å². The van der Waals surface area contributed by atoms with Gasteiger partial charge >= 0.3 is 0 Å². The second-order valence-corrected chi connectivity index (χ2v) is 3.39. The van der Waals surface area contributed by atoms with Crippen LogP contribution in [0.25, 0.3) is 0 Å². The molecule has 15 heavy (non-hydrogen) atoms. The first-order valence-electron chi connectivity index (χ1n) is 4.91.